The molecule has 0 amide bonds. The lowest BCUT2D eigenvalue weighted by atomic mass is 9.65. The fraction of sp³-hybridized carbons (Fsp3) is 0.175. The highest BCUT2D eigenvalue weighted by molar-refractivity contribution is 5.90. The van der Waals surface area contributed by atoms with Crippen molar-refractivity contribution in [2.24, 2.45) is 0 Å². The molecule has 0 saturated heterocycles. The highest BCUT2D eigenvalue weighted by atomic mass is 15.1. The molecule has 1 aliphatic carbocycles. The van der Waals surface area contributed by atoms with Gasteiger partial charge >= 0.3 is 0 Å². The maximum atomic E-state index is 4.91. The molecule has 2 nitrogen and oxygen atoms in total. The van der Waals surface area contributed by atoms with Gasteiger partial charge in [0.05, 0.1) is 11.1 Å². The lowest BCUT2D eigenvalue weighted by Crippen LogP contribution is -2.30. The van der Waals surface area contributed by atoms with Crippen LogP contribution < -0.4 is 0 Å². The Hall–Kier alpha value is -4.69. The summed E-state index contributed by atoms with van der Waals surface area (Å²) in [5.41, 5.74) is 12.7. The molecule has 0 atom stereocenters. The first-order chi connectivity index (χ1) is 20.5. The lowest BCUT2D eigenvalue weighted by Gasteiger charge is -2.37. The second kappa shape index (κ2) is 10.3. The minimum atomic E-state index is -0.453. The molecule has 0 bridgehead atoms. The van der Waals surface area contributed by atoms with Gasteiger partial charge < -0.3 is 0 Å². The minimum absolute atomic E-state index is 0.264. The molecule has 7 rings (SSSR count). The zero-order valence-electron chi connectivity index (χ0n) is 24.8. The van der Waals surface area contributed by atoms with E-state index in [1.54, 1.807) is 0 Å². The molecule has 0 spiro atoms. The molecule has 5 aromatic carbocycles. The van der Waals surface area contributed by atoms with Gasteiger partial charge in [-0.05, 0) is 62.4 Å². The Morgan fingerprint density at radius 1 is 0.619 bits per heavy atom. The quantitative estimate of drug-likeness (QED) is 0.204. The summed E-state index contributed by atoms with van der Waals surface area (Å²) < 4.78 is 2.35. The maximum Gasteiger partial charge on any atom is 0.144 e. The number of hydrogen-bond acceptors (Lipinski definition) is 1. The summed E-state index contributed by atoms with van der Waals surface area (Å²) in [6, 6.07) is 44.3. The molecule has 0 radical (unpaired) electrons. The van der Waals surface area contributed by atoms with Crippen molar-refractivity contribution in [3.8, 4) is 28.2 Å². The third-order valence-corrected chi connectivity index (χ3v) is 8.89. The molecule has 0 N–H and O–H groups in total. The summed E-state index contributed by atoms with van der Waals surface area (Å²) >= 11 is 0. The van der Waals surface area contributed by atoms with Crippen molar-refractivity contribution >= 4 is 0 Å². The van der Waals surface area contributed by atoms with Gasteiger partial charge in [0.2, 0.25) is 0 Å². The van der Waals surface area contributed by atoms with Crippen molar-refractivity contribution in [3.05, 3.63) is 167 Å². The molecule has 0 unspecified atom stereocenters. The SMILES string of the molecule is CC(C)c1cc2c(c(C(C)C)c1-n1ccnc1-c1ccccc1)C(c1ccccc1)(c1ccccc1)c1ccccc1-2. The van der Waals surface area contributed by atoms with Crippen LogP contribution in [0.2, 0.25) is 0 Å². The number of hydrogen-bond donors (Lipinski definition) is 0. The molecule has 0 aliphatic heterocycles. The van der Waals surface area contributed by atoms with Crippen LogP contribution in [0.4, 0.5) is 0 Å². The Kier molecular flexibility index (Phi) is 6.43. The number of aromatic nitrogens is 2. The average Bonchev–Trinajstić information content (AvgIpc) is 3.63. The largest absolute Gasteiger partial charge is 0.299 e. The summed E-state index contributed by atoms with van der Waals surface area (Å²) in [5, 5.41) is 0. The molecule has 1 aromatic heterocycles. The topological polar surface area (TPSA) is 17.8 Å². The van der Waals surface area contributed by atoms with Crippen molar-refractivity contribution in [3.63, 3.8) is 0 Å². The molecule has 0 fully saturated rings. The Balaban J connectivity index is 1.69. The van der Waals surface area contributed by atoms with Crippen molar-refractivity contribution in [1.82, 2.24) is 9.55 Å². The van der Waals surface area contributed by atoms with Gasteiger partial charge in [-0.1, -0.05) is 143 Å². The second-order valence-corrected chi connectivity index (χ2v) is 12.0. The van der Waals surface area contributed by atoms with Gasteiger partial charge in [0.25, 0.3) is 0 Å². The van der Waals surface area contributed by atoms with Gasteiger partial charge in [-0.15, -0.1) is 0 Å². The normalized spacial score (nSPS) is 13.4. The van der Waals surface area contributed by atoms with E-state index in [0.29, 0.717) is 5.92 Å². The van der Waals surface area contributed by atoms with E-state index < -0.39 is 5.41 Å². The fourth-order valence-corrected chi connectivity index (χ4v) is 7.21. The van der Waals surface area contributed by atoms with Crippen molar-refractivity contribution in [2.75, 3.05) is 0 Å². The van der Waals surface area contributed by atoms with Crippen molar-refractivity contribution in [1.29, 1.82) is 0 Å². The Bertz CT molecular complexity index is 1820. The highest BCUT2D eigenvalue weighted by Crippen LogP contribution is 2.59. The Morgan fingerprint density at radius 3 is 1.79 bits per heavy atom. The summed E-state index contributed by atoms with van der Waals surface area (Å²) in [4.78, 5) is 4.91. The fourth-order valence-electron chi connectivity index (χ4n) is 7.21. The van der Waals surface area contributed by atoms with Crippen LogP contribution in [0.3, 0.4) is 0 Å². The van der Waals surface area contributed by atoms with Crippen LogP contribution in [0, 0.1) is 0 Å². The van der Waals surface area contributed by atoms with E-state index in [4.69, 9.17) is 4.98 Å². The zero-order valence-corrected chi connectivity index (χ0v) is 24.8. The van der Waals surface area contributed by atoms with Gasteiger partial charge in [0.1, 0.15) is 5.82 Å². The van der Waals surface area contributed by atoms with Gasteiger partial charge in [0, 0.05) is 18.0 Å². The number of nitrogens with zero attached hydrogens (tertiary/aromatic N) is 2. The molecule has 6 aromatic rings. The summed E-state index contributed by atoms with van der Waals surface area (Å²) in [7, 11) is 0. The standard InChI is InChI=1S/C40H36N2/c1-27(2)33-26-34-32-22-14-15-23-35(32)40(30-18-10-6-11-19-30,31-20-12-7-13-21-31)37(34)36(28(3)4)38(33)42-25-24-41-39(42)29-16-8-5-9-17-29/h5-28H,1-4H3. The molecular formula is C40H36N2. The van der Waals surface area contributed by atoms with E-state index >= 15 is 0 Å². The molecule has 2 heteroatoms. The van der Waals surface area contributed by atoms with Gasteiger partial charge in [-0.25, -0.2) is 4.98 Å². The maximum absolute atomic E-state index is 4.91. The predicted octanol–water partition coefficient (Wildman–Crippen LogP) is 10.1. The van der Waals surface area contributed by atoms with E-state index in [1.807, 2.05) is 6.20 Å². The van der Waals surface area contributed by atoms with E-state index in [-0.39, 0.29) is 5.92 Å². The van der Waals surface area contributed by atoms with E-state index in [2.05, 4.69) is 160 Å². The van der Waals surface area contributed by atoms with Crippen molar-refractivity contribution < 1.29 is 0 Å². The third kappa shape index (κ3) is 3.82. The van der Waals surface area contributed by atoms with Crippen molar-refractivity contribution in [2.45, 2.75) is 44.9 Å². The van der Waals surface area contributed by atoms with Gasteiger partial charge in [-0.3, -0.25) is 4.57 Å². The first-order valence-corrected chi connectivity index (χ1v) is 15.0. The van der Waals surface area contributed by atoms with Crippen LogP contribution in [-0.2, 0) is 5.41 Å². The predicted molar refractivity (Wildman–Crippen MR) is 174 cm³/mol. The van der Waals surface area contributed by atoms with Crippen LogP contribution in [-0.4, -0.2) is 9.55 Å². The van der Waals surface area contributed by atoms with E-state index in [9.17, 15) is 0 Å². The minimum Gasteiger partial charge on any atom is -0.299 e. The van der Waals surface area contributed by atoms with E-state index in [0.717, 1.165) is 11.4 Å². The van der Waals surface area contributed by atoms with E-state index in [1.165, 1.54) is 50.2 Å². The average molecular weight is 545 g/mol. The number of rotatable bonds is 6. The lowest BCUT2D eigenvalue weighted by molar-refractivity contribution is 0.722. The first-order valence-electron chi connectivity index (χ1n) is 15.0. The Labute approximate surface area is 249 Å². The van der Waals surface area contributed by atoms with Crippen LogP contribution in [0.15, 0.2) is 134 Å². The van der Waals surface area contributed by atoms with Crippen LogP contribution >= 0.6 is 0 Å². The summed E-state index contributed by atoms with van der Waals surface area (Å²) in [5.74, 6) is 1.56. The highest BCUT2D eigenvalue weighted by Gasteiger charge is 2.48. The second-order valence-electron chi connectivity index (χ2n) is 12.0. The first kappa shape index (κ1) is 26.2. The molecule has 1 heterocycles. The molecule has 206 valence electrons. The number of benzene rings is 5. The molecule has 1 aliphatic rings. The van der Waals surface area contributed by atoms with Gasteiger partial charge in [0.15, 0.2) is 0 Å². The van der Waals surface area contributed by atoms with Crippen LogP contribution in [0.5, 0.6) is 0 Å². The number of imidazole rings is 1. The molecular weight excluding hydrogens is 508 g/mol. The number of fused-ring (bicyclic) bond motifs is 3. The van der Waals surface area contributed by atoms with Crippen LogP contribution in [0.25, 0.3) is 28.2 Å². The monoisotopic (exact) mass is 544 g/mol. The van der Waals surface area contributed by atoms with Gasteiger partial charge in [-0.2, -0.15) is 0 Å². The van der Waals surface area contributed by atoms with Crippen LogP contribution in [0.1, 0.15) is 72.9 Å². The molecule has 42 heavy (non-hydrogen) atoms. The molecule has 0 saturated carbocycles. The Morgan fingerprint density at radius 2 is 1.19 bits per heavy atom. The zero-order chi connectivity index (χ0) is 28.8. The summed E-state index contributed by atoms with van der Waals surface area (Å²) in [6.07, 6.45) is 4.09. The third-order valence-electron chi connectivity index (χ3n) is 8.89. The summed E-state index contributed by atoms with van der Waals surface area (Å²) in [6.45, 7) is 9.34. The smallest absolute Gasteiger partial charge is 0.144 e.